The molecule has 1 aliphatic heterocycles. The molecule has 1 aliphatic rings. The number of carbonyl (C=O) groups excluding carboxylic acids is 1. The summed E-state index contributed by atoms with van der Waals surface area (Å²) in [6, 6.07) is 1.85. The van der Waals surface area contributed by atoms with Crippen molar-refractivity contribution >= 4 is 49.1 Å². The second kappa shape index (κ2) is 8.27. The molecule has 1 fully saturated rings. The number of fused-ring (bicyclic) bond motifs is 1. The predicted molar refractivity (Wildman–Crippen MR) is 119 cm³/mol. The van der Waals surface area contributed by atoms with E-state index in [1.165, 1.54) is 18.1 Å². The van der Waals surface area contributed by atoms with Crippen molar-refractivity contribution in [3.8, 4) is 0 Å². The third kappa shape index (κ3) is 4.23. The van der Waals surface area contributed by atoms with Crippen LogP contribution in [0.4, 0.5) is 0 Å². The molecule has 0 aromatic carbocycles. The lowest BCUT2D eigenvalue weighted by molar-refractivity contribution is -0.127. The van der Waals surface area contributed by atoms with Gasteiger partial charge in [0.15, 0.2) is 9.84 Å². The summed E-state index contributed by atoms with van der Waals surface area (Å²) in [6.07, 6.45) is 2.12. The molecule has 0 saturated carbocycles. The van der Waals surface area contributed by atoms with Crippen LogP contribution in [0, 0.1) is 13.8 Å². The van der Waals surface area contributed by atoms with E-state index >= 15 is 0 Å². The van der Waals surface area contributed by atoms with Gasteiger partial charge in [-0.15, -0.1) is 11.3 Å². The van der Waals surface area contributed by atoms with Crippen molar-refractivity contribution in [2.75, 3.05) is 24.3 Å². The molecule has 4 heterocycles. The lowest BCUT2D eigenvalue weighted by atomic mass is 10.1. The standard InChI is InChI=1S/C19H23N5O3S3/c1-12-16(13(2)24(22-12)14-5-7-30(26,27)10-14)8-23(3)17(25)9-29-19-15-4-6-28-18(15)20-11-21-19/h4,6,11,14H,5,7-10H2,1-3H3/t14-/m0/s1. The molecule has 1 atom stereocenters. The highest BCUT2D eigenvalue weighted by atomic mass is 32.2. The maximum absolute atomic E-state index is 12.7. The van der Waals surface area contributed by atoms with Crippen molar-refractivity contribution < 1.29 is 13.2 Å². The third-order valence-corrected chi connectivity index (χ3v) is 8.97. The summed E-state index contributed by atoms with van der Waals surface area (Å²) in [5.74, 6) is 0.625. The topological polar surface area (TPSA) is 98.1 Å². The molecule has 8 nitrogen and oxygen atoms in total. The summed E-state index contributed by atoms with van der Waals surface area (Å²) in [7, 11) is -1.21. The Labute approximate surface area is 183 Å². The number of amides is 1. The highest BCUT2D eigenvalue weighted by Gasteiger charge is 2.31. The second-order valence-electron chi connectivity index (χ2n) is 7.51. The molecule has 160 valence electrons. The van der Waals surface area contributed by atoms with Crippen LogP contribution < -0.4 is 0 Å². The third-order valence-electron chi connectivity index (χ3n) is 5.41. The Morgan fingerprint density at radius 2 is 2.17 bits per heavy atom. The number of hydrogen-bond acceptors (Lipinski definition) is 8. The summed E-state index contributed by atoms with van der Waals surface area (Å²) in [6.45, 7) is 4.29. The molecule has 1 amide bonds. The fourth-order valence-corrected chi connectivity index (χ4v) is 7.11. The number of carbonyl (C=O) groups is 1. The smallest absolute Gasteiger partial charge is 0.233 e. The monoisotopic (exact) mass is 465 g/mol. The Balaban J connectivity index is 1.43. The number of thioether (sulfide) groups is 1. The average Bonchev–Trinajstić information content (AvgIpc) is 3.39. The van der Waals surface area contributed by atoms with Gasteiger partial charge in [-0.05, 0) is 31.7 Å². The zero-order valence-electron chi connectivity index (χ0n) is 17.0. The van der Waals surface area contributed by atoms with E-state index in [0.29, 0.717) is 13.0 Å². The summed E-state index contributed by atoms with van der Waals surface area (Å²) < 4.78 is 25.5. The highest BCUT2D eigenvalue weighted by Crippen LogP contribution is 2.29. The fraction of sp³-hybridized carbons (Fsp3) is 0.474. The van der Waals surface area contributed by atoms with E-state index in [-0.39, 0.29) is 29.2 Å². The number of hydrogen-bond donors (Lipinski definition) is 0. The Hall–Kier alpha value is -1.98. The zero-order valence-corrected chi connectivity index (χ0v) is 19.5. The van der Waals surface area contributed by atoms with Gasteiger partial charge in [0, 0.05) is 30.2 Å². The Morgan fingerprint density at radius 1 is 1.37 bits per heavy atom. The van der Waals surface area contributed by atoms with E-state index in [1.807, 2.05) is 30.0 Å². The van der Waals surface area contributed by atoms with E-state index in [1.54, 1.807) is 23.3 Å². The maximum Gasteiger partial charge on any atom is 0.233 e. The molecule has 0 radical (unpaired) electrons. The van der Waals surface area contributed by atoms with Crippen molar-refractivity contribution in [1.29, 1.82) is 0 Å². The summed E-state index contributed by atoms with van der Waals surface area (Å²) in [5.41, 5.74) is 2.74. The largest absolute Gasteiger partial charge is 0.341 e. The van der Waals surface area contributed by atoms with Crippen LogP contribution in [0.3, 0.4) is 0 Å². The van der Waals surface area contributed by atoms with Gasteiger partial charge in [-0.2, -0.15) is 5.10 Å². The first-order chi connectivity index (χ1) is 14.2. The minimum atomic E-state index is -2.98. The SMILES string of the molecule is Cc1nn([C@H]2CCS(=O)(=O)C2)c(C)c1CN(C)C(=O)CSc1ncnc2sccc12. The lowest BCUT2D eigenvalue weighted by Gasteiger charge is -2.18. The molecule has 0 aliphatic carbocycles. The number of sulfone groups is 1. The second-order valence-corrected chi connectivity index (χ2v) is 11.6. The van der Waals surface area contributed by atoms with Crippen LogP contribution in [-0.4, -0.2) is 63.3 Å². The van der Waals surface area contributed by atoms with Gasteiger partial charge < -0.3 is 4.90 Å². The van der Waals surface area contributed by atoms with Crippen LogP contribution in [0.25, 0.3) is 10.2 Å². The molecule has 0 bridgehead atoms. The van der Waals surface area contributed by atoms with Crippen LogP contribution in [0.1, 0.15) is 29.4 Å². The maximum atomic E-state index is 12.7. The molecule has 30 heavy (non-hydrogen) atoms. The first-order valence-corrected chi connectivity index (χ1v) is 13.2. The molecule has 0 unspecified atom stereocenters. The molecule has 11 heteroatoms. The fourth-order valence-electron chi connectivity index (χ4n) is 3.70. The minimum absolute atomic E-state index is 0.00279. The average molecular weight is 466 g/mol. The minimum Gasteiger partial charge on any atom is -0.341 e. The molecule has 1 saturated heterocycles. The first-order valence-electron chi connectivity index (χ1n) is 9.55. The number of rotatable bonds is 6. The van der Waals surface area contributed by atoms with E-state index in [0.717, 1.165) is 32.2 Å². The van der Waals surface area contributed by atoms with Gasteiger partial charge in [0.05, 0.1) is 29.0 Å². The van der Waals surface area contributed by atoms with Gasteiger partial charge in [0.25, 0.3) is 0 Å². The number of nitrogens with zero attached hydrogens (tertiary/aromatic N) is 5. The van der Waals surface area contributed by atoms with Crippen molar-refractivity contribution in [2.24, 2.45) is 0 Å². The van der Waals surface area contributed by atoms with Crippen LogP contribution in [0.15, 0.2) is 22.8 Å². The van der Waals surface area contributed by atoms with E-state index in [4.69, 9.17) is 0 Å². The molecule has 0 N–H and O–H groups in total. The van der Waals surface area contributed by atoms with Gasteiger partial charge >= 0.3 is 0 Å². The van der Waals surface area contributed by atoms with Gasteiger partial charge in [-0.3, -0.25) is 9.48 Å². The molecular formula is C19H23N5O3S3. The number of aromatic nitrogens is 4. The number of thiophene rings is 1. The zero-order chi connectivity index (χ0) is 21.5. The highest BCUT2D eigenvalue weighted by molar-refractivity contribution is 8.00. The Bertz CT molecular complexity index is 1200. The predicted octanol–water partition coefficient (Wildman–Crippen LogP) is 2.61. The van der Waals surface area contributed by atoms with Crippen LogP contribution in [0.2, 0.25) is 0 Å². The van der Waals surface area contributed by atoms with Crippen molar-refractivity contribution in [1.82, 2.24) is 24.6 Å². The van der Waals surface area contributed by atoms with Gasteiger partial charge in [-0.1, -0.05) is 11.8 Å². The molecule has 0 spiro atoms. The first kappa shape index (κ1) is 21.3. The van der Waals surface area contributed by atoms with E-state index < -0.39 is 9.84 Å². The van der Waals surface area contributed by atoms with E-state index in [2.05, 4.69) is 15.1 Å². The van der Waals surface area contributed by atoms with Gasteiger partial charge in [0.1, 0.15) is 16.2 Å². The summed E-state index contributed by atoms with van der Waals surface area (Å²) >= 11 is 2.96. The summed E-state index contributed by atoms with van der Waals surface area (Å²) in [5, 5.41) is 8.34. The molecule has 3 aromatic rings. The molecule has 4 rings (SSSR count). The number of aryl methyl sites for hydroxylation is 1. The normalized spacial score (nSPS) is 18.2. The van der Waals surface area contributed by atoms with Crippen molar-refractivity contribution in [3.05, 3.63) is 34.7 Å². The van der Waals surface area contributed by atoms with Crippen LogP contribution >= 0.6 is 23.1 Å². The quantitative estimate of drug-likeness (QED) is 0.408. The Morgan fingerprint density at radius 3 is 2.90 bits per heavy atom. The summed E-state index contributed by atoms with van der Waals surface area (Å²) in [4.78, 5) is 23.9. The van der Waals surface area contributed by atoms with Crippen molar-refractivity contribution in [3.63, 3.8) is 0 Å². The van der Waals surface area contributed by atoms with Crippen LogP contribution in [0.5, 0.6) is 0 Å². The van der Waals surface area contributed by atoms with Gasteiger partial charge in [0.2, 0.25) is 5.91 Å². The van der Waals surface area contributed by atoms with Gasteiger partial charge in [-0.25, -0.2) is 18.4 Å². The molecular weight excluding hydrogens is 442 g/mol. The van der Waals surface area contributed by atoms with E-state index in [9.17, 15) is 13.2 Å². The lowest BCUT2D eigenvalue weighted by Crippen LogP contribution is -2.28. The molecule has 3 aromatic heterocycles. The van der Waals surface area contributed by atoms with Crippen molar-refractivity contribution in [2.45, 2.75) is 37.9 Å². The Kier molecular flexibility index (Phi) is 5.86. The van der Waals surface area contributed by atoms with Crippen LogP contribution in [-0.2, 0) is 21.2 Å².